The molecule has 1 aromatic rings. The Morgan fingerprint density at radius 1 is 0.716 bits per heavy atom. The van der Waals surface area contributed by atoms with Gasteiger partial charge in [-0.2, -0.15) is 9.29 Å². The lowest BCUT2D eigenvalue weighted by molar-refractivity contribution is -0.161. The number of rotatable bonds is 43. The number of phosphoric acid groups is 2. The average Bonchev–Trinajstić information content (AvgIpc) is 3.63. The monoisotopic (exact) mass is 1090 g/mol. The molecule has 422 valence electrons. The quantitative estimate of drug-likeness (QED) is 0.0105. The highest BCUT2D eigenvalue weighted by atomic mass is 31.3. The highest BCUT2D eigenvalue weighted by Gasteiger charge is 2.46. The average molecular weight is 1090 g/mol. The molecule has 0 amide bonds. The van der Waals surface area contributed by atoms with Crippen molar-refractivity contribution in [3.8, 4) is 0 Å². The largest absolute Gasteiger partial charge is 0.481 e. The smallest absolute Gasteiger partial charge is 0.462 e. The Morgan fingerprint density at radius 3 is 1.89 bits per heavy atom. The zero-order valence-corrected chi connectivity index (χ0v) is 45.4. The van der Waals surface area contributed by atoms with E-state index in [2.05, 4.69) is 41.4 Å². The van der Waals surface area contributed by atoms with Gasteiger partial charge >= 0.3 is 33.3 Å². The number of unbranched alkanes of at least 4 members (excludes halogenated alkanes) is 16. The van der Waals surface area contributed by atoms with E-state index in [-0.39, 0.29) is 31.5 Å². The fraction of sp³-hybridized carbons (Fsp3) is 0.692. The van der Waals surface area contributed by atoms with Gasteiger partial charge < -0.3 is 50.2 Å². The molecule has 8 N–H and O–H groups in total. The van der Waals surface area contributed by atoms with E-state index in [1.54, 1.807) is 30.4 Å². The Bertz CT molecular complexity index is 2010. The van der Waals surface area contributed by atoms with Crippen molar-refractivity contribution in [3.05, 3.63) is 83.5 Å². The van der Waals surface area contributed by atoms with Gasteiger partial charge in [0.25, 0.3) is 0 Å². The van der Waals surface area contributed by atoms with Crippen LogP contribution in [0, 0.1) is 0 Å². The van der Waals surface area contributed by atoms with Crippen LogP contribution in [-0.4, -0.2) is 108 Å². The zero-order valence-electron chi connectivity index (χ0n) is 43.6. The van der Waals surface area contributed by atoms with Gasteiger partial charge in [-0.25, -0.2) is 13.9 Å². The molecule has 9 atom stereocenters. The van der Waals surface area contributed by atoms with Gasteiger partial charge in [0.1, 0.15) is 30.7 Å². The Kier molecular flexibility index (Phi) is 35.7. The lowest BCUT2D eigenvalue weighted by Crippen LogP contribution is -2.36. The predicted octanol–water partition coefficient (Wildman–Crippen LogP) is 9.06. The van der Waals surface area contributed by atoms with Crippen molar-refractivity contribution < 1.29 is 76.5 Å². The fourth-order valence-electron chi connectivity index (χ4n) is 7.56. The minimum atomic E-state index is -5.48. The maximum atomic E-state index is 12.9. The van der Waals surface area contributed by atoms with Gasteiger partial charge in [-0.15, -0.1) is 0 Å². The Hall–Kier alpha value is -3.62. The molecule has 0 radical (unpaired) electrons. The highest BCUT2D eigenvalue weighted by molar-refractivity contribution is 7.61. The van der Waals surface area contributed by atoms with E-state index in [1.807, 2.05) is 6.08 Å². The molecular formula is C52H87N3O17P2. The second-order valence-electron chi connectivity index (χ2n) is 18.4. The van der Waals surface area contributed by atoms with Gasteiger partial charge in [0.05, 0.1) is 25.4 Å². The second kappa shape index (κ2) is 39.7. The summed E-state index contributed by atoms with van der Waals surface area (Å²) in [6.07, 6.45) is 32.0. The first kappa shape index (κ1) is 66.5. The van der Waals surface area contributed by atoms with Gasteiger partial charge in [0.15, 0.2) is 12.3 Å². The van der Waals surface area contributed by atoms with E-state index in [4.69, 9.17) is 29.0 Å². The van der Waals surface area contributed by atoms with Crippen molar-refractivity contribution in [2.75, 3.05) is 25.6 Å². The summed E-state index contributed by atoms with van der Waals surface area (Å²) in [5.74, 6) is -1.56. The topological polar surface area (TPSA) is 306 Å². The lowest BCUT2D eigenvalue weighted by Gasteiger charge is -2.21. The van der Waals surface area contributed by atoms with E-state index in [0.717, 1.165) is 81.4 Å². The number of hydrogen-bond acceptors (Lipinski definition) is 17. The van der Waals surface area contributed by atoms with Crippen molar-refractivity contribution in [1.29, 1.82) is 0 Å². The van der Waals surface area contributed by atoms with Gasteiger partial charge in [0.2, 0.25) is 0 Å². The van der Waals surface area contributed by atoms with Crippen LogP contribution in [0.25, 0.3) is 0 Å². The predicted molar refractivity (Wildman–Crippen MR) is 282 cm³/mol. The summed E-state index contributed by atoms with van der Waals surface area (Å²) in [5.41, 5.74) is 4.57. The standard InChI is InChI=1S/C52H87N3O17P2/c1-3-5-7-9-11-12-13-14-15-16-17-18-19-20-21-23-29-35-48(59)70-44(39-67-47(58)36-30-34-43(57)33-28-25-24-27-32-42(56)31-26-22-10-8-6-4-2)40-68-73(63,64)72-74(65,66)69-41-45-49(60)50(61)51(71-45)55-38-37-46(53)54-52(55)62/h14-15,22,24-28,32-33,37-38,42-45,49-51,56-57,60-61H,3-13,16-21,23,29-31,34-36,39-41H2,1-2H3,(H,63,64)(H,65,66)(H2,53,54,62)/b15-14-,25-24+,26-22-,32-27+,33-28-/t42-,43-,44-,45-,49-,50-,51-/m1/s1. The number of allylic oxidation sites excluding steroid dienone is 7. The van der Waals surface area contributed by atoms with Gasteiger partial charge in [-0.1, -0.05) is 152 Å². The number of hydrogen-bond donors (Lipinski definition) is 7. The molecule has 0 spiro atoms. The molecule has 1 aliphatic rings. The number of nitrogen functional groups attached to an aromatic ring is 1. The van der Waals surface area contributed by atoms with E-state index < -0.39 is 95.9 Å². The molecule has 1 saturated heterocycles. The number of nitrogens with two attached hydrogens (primary N) is 1. The van der Waals surface area contributed by atoms with E-state index in [1.165, 1.54) is 57.1 Å². The number of carbonyl (C=O) groups is 2. The van der Waals surface area contributed by atoms with Crippen molar-refractivity contribution in [2.24, 2.45) is 0 Å². The summed E-state index contributed by atoms with van der Waals surface area (Å²) in [6.45, 7) is 1.85. The molecule has 20 nitrogen and oxygen atoms in total. The summed E-state index contributed by atoms with van der Waals surface area (Å²) < 4.78 is 56.6. The molecule has 1 aromatic heterocycles. The number of aromatic nitrogens is 2. The molecule has 0 aliphatic carbocycles. The van der Waals surface area contributed by atoms with Crippen molar-refractivity contribution in [1.82, 2.24) is 9.55 Å². The van der Waals surface area contributed by atoms with Crippen LogP contribution in [0.5, 0.6) is 0 Å². The third-order valence-electron chi connectivity index (χ3n) is 11.8. The first-order valence-electron chi connectivity index (χ1n) is 26.5. The van der Waals surface area contributed by atoms with Crippen LogP contribution in [0.3, 0.4) is 0 Å². The number of carbonyl (C=O) groups excluding carboxylic acids is 2. The maximum absolute atomic E-state index is 12.9. The van der Waals surface area contributed by atoms with Crippen molar-refractivity contribution >= 4 is 33.4 Å². The minimum absolute atomic E-state index is 0.00931. The van der Waals surface area contributed by atoms with E-state index in [0.29, 0.717) is 12.8 Å². The van der Waals surface area contributed by atoms with Crippen LogP contribution in [0.1, 0.15) is 174 Å². The molecule has 74 heavy (non-hydrogen) atoms. The lowest BCUT2D eigenvalue weighted by atomic mass is 10.1. The number of esters is 2. The van der Waals surface area contributed by atoms with E-state index >= 15 is 0 Å². The van der Waals surface area contributed by atoms with Crippen LogP contribution < -0.4 is 11.4 Å². The first-order chi connectivity index (χ1) is 35.5. The fourth-order valence-corrected chi connectivity index (χ4v) is 9.67. The van der Waals surface area contributed by atoms with Gasteiger partial charge in [-0.3, -0.25) is 23.2 Å². The highest BCUT2D eigenvalue weighted by Crippen LogP contribution is 2.60. The van der Waals surface area contributed by atoms with Gasteiger partial charge in [-0.05, 0) is 70.3 Å². The van der Waals surface area contributed by atoms with E-state index in [9.17, 15) is 53.7 Å². The number of phosphoric ester groups is 2. The third-order valence-corrected chi connectivity index (χ3v) is 14.4. The SMILES string of the molecule is CCCCC/C=C\C[C@@H](O)/C=C/C=C/C=C\[C@@H](O)CCCC(=O)OC[C@H](COP(=O)(O)OP(=O)(O)OC[C@H]1O[C@@H](n2ccc(N)nc2=O)[C@H](O)[C@@H]1O)OC(=O)CCCCCCCCC/C=C\CCCCCCCC. The van der Waals surface area contributed by atoms with Crippen molar-refractivity contribution in [2.45, 2.75) is 211 Å². The molecule has 2 rings (SSSR count). The summed E-state index contributed by atoms with van der Waals surface area (Å²) >= 11 is 0. The molecule has 2 heterocycles. The summed E-state index contributed by atoms with van der Waals surface area (Å²) in [7, 11) is -11.0. The summed E-state index contributed by atoms with van der Waals surface area (Å²) in [5, 5.41) is 41.4. The number of anilines is 1. The van der Waals surface area contributed by atoms with Gasteiger partial charge in [0, 0.05) is 19.0 Å². The maximum Gasteiger partial charge on any atom is 0.481 e. The Labute approximate surface area is 438 Å². The van der Waals surface area contributed by atoms with Crippen LogP contribution in [0.4, 0.5) is 5.82 Å². The molecule has 1 aliphatic heterocycles. The van der Waals surface area contributed by atoms with Crippen LogP contribution in [0.2, 0.25) is 0 Å². The van der Waals surface area contributed by atoms with Crippen molar-refractivity contribution in [3.63, 3.8) is 0 Å². The second-order valence-corrected chi connectivity index (χ2v) is 21.5. The molecule has 1 fully saturated rings. The number of aliphatic hydroxyl groups is 4. The van der Waals surface area contributed by atoms with Crippen LogP contribution in [-0.2, 0) is 46.3 Å². The molecule has 2 unspecified atom stereocenters. The normalized spacial score (nSPS) is 20.2. The molecule has 0 saturated carbocycles. The third kappa shape index (κ3) is 32.1. The summed E-state index contributed by atoms with van der Waals surface area (Å²) in [4.78, 5) is 62.0. The zero-order chi connectivity index (χ0) is 54.5. The molecular weight excluding hydrogens is 1000 g/mol. The number of ether oxygens (including phenoxy) is 3. The molecule has 22 heteroatoms. The first-order valence-corrected chi connectivity index (χ1v) is 29.5. The van der Waals surface area contributed by atoms with Crippen LogP contribution in [0.15, 0.2) is 77.8 Å². The number of nitrogens with zero attached hydrogens (tertiary/aromatic N) is 2. The Balaban J connectivity index is 1.86. The number of aliphatic hydroxyl groups excluding tert-OH is 4. The Morgan fingerprint density at radius 2 is 1.26 bits per heavy atom. The summed E-state index contributed by atoms with van der Waals surface area (Å²) in [6, 6.07) is 1.23. The minimum Gasteiger partial charge on any atom is -0.462 e. The van der Waals surface area contributed by atoms with Crippen LogP contribution >= 0.6 is 15.6 Å². The molecule has 0 aromatic carbocycles. The molecule has 0 bridgehead atoms.